The minimum absolute atomic E-state index is 0.123. The molecule has 1 aromatic carbocycles. The molecule has 130 valence electrons. The molecule has 2 aliphatic heterocycles. The second-order valence-electron chi connectivity index (χ2n) is 6.27. The lowest BCUT2D eigenvalue weighted by Gasteiger charge is -2.32. The molecule has 2 aliphatic rings. The number of carbonyl (C=O) groups excluding carboxylic acids is 1. The van der Waals surface area contributed by atoms with Crippen molar-refractivity contribution in [3.05, 3.63) is 35.6 Å². The predicted octanol–water partition coefficient (Wildman–Crippen LogP) is 1.13. The standard InChI is InChI=1S/C17H21FN2O4/c1-19-14(17(22)23)10-12(16(21)20-6-8-24-9-7-20)15(19)11-4-2-3-5-13(11)18/h2-5,12,14-15H,6-10H2,1H3,(H,22,23)/t12-,14-,15-/m1/s1. The van der Waals surface area contributed by atoms with E-state index in [2.05, 4.69) is 0 Å². The van der Waals surface area contributed by atoms with Gasteiger partial charge < -0.3 is 14.7 Å². The van der Waals surface area contributed by atoms with Crippen molar-refractivity contribution in [3.63, 3.8) is 0 Å². The number of rotatable bonds is 3. The number of carbonyl (C=O) groups is 2. The zero-order valence-electron chi connectivity index (χ0n) is 13.5. The van der Waals surface area contributed by atoms with Crippen LogP contribution < -0.4 is 0 Å². The summed E-state index contributed by atoms with van der Waals surface area (Å²) in [5.74, 6) is -2.11. The molecular formula is C17H21FN2O4. The maximum absolute atomic E-state index is 14.3. The van der Waals surface area contributed by atoms with Gasteiger partial charge in [-0.2, -0.15) is 0 Å². The van der Waals surface area contributed by atoms with Gasteiger partial charge in [0.15, 0.2) is 0 Å². The van der Waals surface area contributed by atoms with Gasteiger partial charge in [0, 0.05) is 24.7 Å². The summed E-state index contributed by atoms with van der Waals surface area (Å²) in [5, 5.41) is 9.45. The Morgan fingerprint density at radius 1 is 1.25 bits per heavy atom. The number of amides is 1. The molecule has 2 fully saturated rings. The number of hydrogen-bond acceptors (Lipinski definition) is 4. The van der Waals surface area contributed by atoms with Crippen LogP contribution in [0.3, 0.4) is 0 Å². The second-order valence-corrected chi connectivity index (χ2v) is 6.27. The lowest BCUT2D eigenvalue weighted by atomic mass is 9.91. The molecule has 1 N–H and O–H groups in total. The van der Waals surface area contributed by atoms with E-state index in [1.165, 1.54) is 6.07 Å². The quantitative estimate of drug-likeness (QED) is 0.896. The van der Waals surface area contributed by atoms with Crippen molar-refractivity contribution in [2.24, 2.45) is 5.92 Å². The summed E-state index contributed by atoms with van der Waals surface area (Å²) in [7, 11) is 1.64. The molecule has 0 radical (unpaired) electrons. The van der Waals surface area contributed by atoms with Crippen LogP contribution in [0.5, 0.6) is 0 Å². The summed E-state index contributed by atoms with van der Waals surface area (Å²) in [6.07, 6.45) is 0.182. The van der Waals surface area contributed by atoms with Crippen molar-refractivity contribution >= 4 is 11.9 Å². The van der Waals surface area contributed by atoms with Crippen molar-refractivity contribution in [1.29, 1.82) is 0 Å². The molecule has 3 rings (SSSR count). The lowest BCUT2D eigenvalue weighted by Crippen LogP contribution is -2.45. The molecule has 0 unspecified atom stereocenters. The number of morpholine rings is 1. The van der Waals surface area contributed by atoms with Crippen molar-refractivity contribution in [2.45, 2.75) is 18.5 Å². The van der Waals surface area contributed by atoms with Crippen LogP contribution >= 0.6 is 0 Å². The zero-order valence-corrected chi connectivity index (χ0v) is 13.5. The van der Waals surface area contributed by atoms with Gasteiger partial charge >= 0.3 is 5.97 Å². The average Bonchev–Trinajstić information content (AvgIpc) is 2.93. The van der Waals surface area contributed by atoms with Crippen molar-refractivity contribution < 1.29 is 23.8 Å². The summed E-state index contributed by atoms with van der Waals surface area (Å²) in [5.41, 5.74) is 0.371. The molecule has 3 atom stereocenters. The molecule has 2 saturated heterocycles. The molecule has 6 nitrogen and oxygen atoms in total. The average molecular weight is 336 g/mol. The number of ether oxygens (including phenoxy) is 1. The fraction of sp³-hybridized carbons (Fsp3) is 0.529. The number of carboxylic acid groups (broad SMARTS) is 1. The Bertz CT molecular complexity index is 633. The molecule has 0 saturated carbocycles. The molecule has 0 aromatic heterocycles. The van der Waals surface area contributed by atoms with E-state index >= 15 is 0 Å². The van der Waals surface area contributed by atoms with Crippen molar-refractivity contribution in [2.75, 3.05) is 33.4 Å². The predicted molar refractivity (Wildman–Crippen MR) is 83.8 cm³/mol. The largest absolute Gasteiger partial charge is 0.480 e. The van der Waals surface area contributed by atoms with Crippen LogP contribution in [-0.4, -0.2) is 66.2 Å². The Morgan fingerprint density at radius 3 is 2.54 bits per heavy atom. The third-order valence-corrected chi connectivity index (χ3v) is 4.94. The molecule has 0 spiro atoms. The summed E-state index contributed by atoms with van der Waals surface area (Å²) < 4.78 is 19.6. The molecule has 1 amide bonds. The van der Waals surface area contributed by atoms with Crippen LogP contribution in [0.15, 0.2) is 24.3 Å². The first-order valence-electron chi connectivity index (χ1n) is 8.06. The van der Waals surface area contributed by atoms with E-state index in [4.69, 9.17) is 4.74 Å². The van der Waals surface area contributed by atoms with E-state index in [1.54, 1.807) is 35.0 Å². The van der Waals surface area contributed by atoms with Crippen molar-refractivity contribution in [3.8, 4) is 0 Å². The highest BCUT2D eigenvalue weighted by Crippen LogP contribution is 2.41. The van der Waals surface area contributed by atoms with Crippen LogP contribution in [-0.2, 0) is 14.3 Å². The number of aliphatic carboxylic acids is 1. The lowest BCUT2D eigenvalue weighted by molar-refractivity contribution is -0.142. The van der Waals surface area contributed by atoms with Gasteiger partial charge in [0.05, 0.1) is 19.1 Å². The number of likely N-dealkylation sites (N-methyl/N-ethyl adjacent to an activating group) is 1. The first-order chi connectivity index (χ1) is 11.5. The van der Waals surface area contributed by atoms with E-state index in [9.17, 15) is 19.1 Å². The van der Waals surface area contributed by atoms with E-state index < -0.39 is 29.8 Å². The first-order valence-corrected chi connectivity index (χ1v) is 8.06. The molecular weight excluding hydrogens is 315 g/mol. The van der Waals surface area contributed by atoms with Crippen LogP contribution in [0.2, 0.25) is 0 Å². The van der Waals surface area contributed by atoms with Gasteiger partial charge in [0.1, 0.15) is 11.9 Å². The van der Waals surface area contributed by atoms with Gasteiger partial charge in [0.25, 0.3) is 0 Å². The van der Waals surface area contributed by atoms with Gasteiger partial charge in [-0.15, -0.1) is 0 Å². The molecule has 0 bridgehead atoms. The monoisotopic (exact) mass is 336 g/mol. The number of carboxylic acids is 1. The molecule has 24 heavy (non-hydrogen) atoms. The molecule has 7 heteroatoms. The SMILES string of the molecule is CN1[C@@H](C(=O)O)C[C@@H](C(=O)N2CCOCC2)[C@H]1c1ccccc1F. The number of halogens is 1. The van der Waals surface area contributed by atoms with E-state index in [1.807, 2.05) is 0 Å². The van der Waals surface area contributed by atoms with Crippen LogP contribution in [0, 0.1) is 11.7 Å². The Balaban J connectivity index is 1.93. The highest BCUT2D eigenvalue weighted by molar-refractivity contribution is 5.83. The van der Waals surface area contributed by atoms with Crippen LogP contribution in [0.25, 0.3) is 0 Å². The summed E-state index contributed by atoms with van der Waals surface area (Å²) in [6, 6.07) is 4.87. The van der Waals surface area contributed by atoms with Crippen LogP contribution in [0.1, 0.15) is 18.0 Å². The Labute approximate surface area is 139 Å². The highest BCUT2D eigenvalue weighted by Gasteiger charge is 2.48. The van der Waals surface area contributed by atoms with E-state index in [0.717, 1.165) is 0 Å². The van der Waals surface area contributed by atoms with Gasteiger partial charge in [-0.25, -0.2) is 4.39 Å². The smallest absolute Gasteiger partial charge is 0.320 e. The third-order valence-electron chi connectivity index (χ3n) is 4.94. The number of nitrogens with zero attached hydrogens (tertiary/aromatic N) is 2. The Kier molecular flexibility index (Phi) is 4.82. The Hall–Kier alpha value is -1.99. The van der Waals surface area contributed by atoms with E-state index in [0.29, 0.717) is 31.9 Å². The molecule has 1 aromatic rings. The minimum atomic E-state index is -0.990. The summed E-state index contributed by atoms with van der Waals surface area (Å²) >= 11 is 0. The number of likely N-dealkylation sites (tertiary alicyclic amines) is 1. The third kappa shape index (κ3) is 3.01. The summed E-state index contributed by atoms with van der Waals surface area (Å²) in [6.45, 7) is 1.92. The topological polar surface area (TPSA) is 70.1 Å². The van der Waals surface area contributed by atoms with Crippen molar-refractivity contribution in [1.82, 2.24) is 9.80 Å². The minimum Gasteiger partial charge on any atom is -0.480 e. The maximum Gasteiger partial charge on any atom is 0.320 e. The summed E-state index contributed by atoms with van der Waals surface area (Å²) in [4.78, 5) is 27.8. The van der Waals surface area contributed by atoms with Gasteiger partial charge in [-0.3, -0.25) is 14.5 Å². The number of hydrogen-bond donors (Lipinski definition) is 1. The highest BCUT2D eigenvalue weighted by atomic mass is 19.1. The maximum atomic E-state index is 14.3. The van der Waals surface area contributed by atoms with Gasteiger partial charge in [-0.1, -0.05) is 18.2 Å². The molecule has 2 heterocycles. The van der Waals surface area contributed by atoms with Crippen LogP contribution in [0.4, 0.5) is 4.39 Å². The van der Waals surface area contributed by atoms with E-state index in [-0.39, 0.29) is 12.3 Å². The van der Waals surface area contributed by atoms with Gasteiger partial charge in [0.2, 0.25) is 5.91 Å². The second kappa shape index (κ2) is 6.86. The number of benzene rings is 1. The zero-order chi connectivity index (χ0) is 17.3. The Morgan fingerprint density at radius 2 is 1.92 bits per heavy atom. The fourth-order valence-electron chi connectivity index (χ4n) is 3.69. The molecule has 0 aliphatic carbocycles. The normalized spacial score (nSPS) is 28.1. The fourth-order valence-corrected chi connectivity index (χ4v) is 3.69. The van der Waals surface area contributed by atoms with Gasteiger partial charge in [-0.05, 0) is 19.5 Å². The first kappa shape index (κ1) is 16.9.